The van der Waals surface area contributed by atoms with E-state index in [1.165, 1.54) is 0 Å². The summed E-state index contributed by atoms with van der Waals surface area (Å²) in [7, 11) is 2.09. The van der Waals surface area contributed by atoms with Crippen LogP contribution in [0.2, 0.25) is 0 Å². The molecule has 1 saturated heterocycles. The topological polar surface area (TPSA) is 73.3 Å². The van der Waals surface area contributed by atoms with Crippen LogP contribution in [0.15, 0.2) is 34.6 Å². The quantitative estimate of drug-likeness (QED) is 0.695. The number of fused-ring (bicyclic) bond motifs is 1. The first-order chi connectivity index (χ1) is 11.2. The first-order valence-corrected chi connectivity index (χ1v) is 7.82. The summed E-state index contributed by atoms with van der Waals surface area (Å²) in [5.74, 6) is -0.406. The highest BCUT2D eigenvalue weighted by atomic mass is 16.5. The molecule has 23 heavy (non-hydrogen) atoms. The number of aromatic nitrogens is 1. The summed E-state index contributed by atoms with van der Waals surface area (Å²) in [6.07, 6.45) is 0. The fourth-order valence-electron chi connectivity index (χ4n) is 2.58. The summed E-state index contributed by atoms with van der Waals surface area (Å²) >= 11 is 0. The van der Waals surface area contributed by atoms with E-state index in [-0.39, 0.29) is 0 Å². The van der Waals surface area contributed by atoms with Crippen molar-refractivity contribution in [3.8, 4) is 0 Å². The van der Waals surface area contributed by atoms with E-state index in [1.54, 1.807) is 6.92 Å². The number of piperazine rings is 1. The van der Waals surface area contributed by atoms with Crippen molar-refractivity contribution in [3.05, 3.63) is 30.0 Å². The SMILES string of the molecule is CCOC(=O)c1[nH]c2ccccc2c1N=NN1CCN(C)CC1. The van der Waals surface area contributed by atoms with Crippen molar-refractivity contribution in [2.75, 3.05) is 39.8 Å². The van der Waals surface area contributed by atoms with E-state index in [1.807, 2.05) is 29.3 Å². The molecule has 0 saturated carbocycles. The average molecular weight is 315 g/mol. The van der Waals surface area contributed by atoms with Crippen molar-refractivity contribution in [1.82, 2.24) is 14.9 Å². The maximum Gasteiger partial charge on any atom is 0.357 e. The van der Waals surface area contributed by atoms with Gasteiger partial charge in [-0.15, -0.1) is 5.11 Å². The van der Waals surface area contributed by atoms with Crippen molar-refractivity contribution in [2.24, 2.45) is 10.3 Å². The van der Waals surface area contributed by atoms with Gasteiger partial charge in [-0.05, 0) is 20.0 Å². The molecule has 3 rings (SSSR count). The molecule has 0 atom stereocenters. The third-order valence-electron chi connectivity index (χ3n) is 3.91. The number of hydrogen-bond donors (Lipinski definition) is 1. The third-order valence-corrected chi connectivity index (χ3v) is 3.91. The van der Waals surface area contributed by atoms with Crippen molar-refractivity contribution in [2.45, 2.75) is 6.92 Å². The summed E-state index contributed by atoms with van der Waals surface area (Å²) in [4.78, 5) is 17.5. The maximum absolute atomic E-state index is 12.2. The molecule has 0 spiro atoms. The minimum atomic E-state index is -0.406. The molecule has 7 nitrogen and oxygen atoms in total. The Kier molecular flexibility index (Phi) is 4.57. The molecule has 1 aliphatic heterocycles. The van der Waals surface area contributed by atoms with Gasteiger partial charge in [-0.1, -0.05) is 23.4 Å². The van der Waals surface area contributed by atoms with Gasteiger partial charge in [-0.3, -0.25) is 5.01 Å². The first kappa shape index (κ1) is 15.5. The summed E-state index contributed by atoms with van der Waals surface area (Å²) in [6.45, 7) is 5.68. The highest BCUT2D eigenvalue weighted by Gasteiger charge is 2.19. The van der Waals surface area contributed by atoms with E-state index in [4.69, 9.17) is 4.74 Å². The number of hydrogen-bond acceptors (Lipinski definition) is 5. The molecular formula is C16H21N5O2. The van der Waals surface area contributed by atoms with Crippen LogP contribution in [0.25, 0.3) is 10.9 Å². The van der Waals surface area contributed by atoms with Gasteiger partial charge in [0.25, 0.3) is 0 Å². The van der Waals surface area contributed by atoms with Crippen LogP contribution >= 0.6 is 0 Å². The Hall–Kier alpha value is -2.41. The normalized spacial score (nSPS) is 16.3. The molecular weight excluding hydrogens is 294 g/mol. The number of rotatable bonds is 4. The Morgan fingerprint density at radius 3 is 2.74 bits per heavy atom. The largest absolute Gasteiger partial charge is 0.461 e. The van der Waals surface area contributed by atoms with E-state index >= 15 is 0 Å². The predicted molar refractivity (Wildman–Crippen MR) is 87.8 cm³/mol. The molecule has 122 valence electrons. The molecule has 0 aliphatic carbocycles. The predicted octanol–water partition coefficient (Wildman–Crippen LogP) is 2.59. The summed E-state index contributed by atoms with van der Waals surface area (Å²) in [5, 5.41) is 11.5. The highest BCUT2D eigenvalue weighted by Crippen LogP contribution is 2.31. The van der Waals surface area contributed by atoms with E-state index < -0.39 is 5.97 Å². The van der Waals surface area contributed by atoms with Gasteiger partial charge < -0.3 is 14.6 Å². The summed E-state index contributed by atoms with van der Waals surface area (Å²) in [6, 6.07) is 7.66. The summed E-state index contributed by atoms with van der Waals surface area (Å²) in [5.41, 5.74) is 1.74. The van der Waals surface area contributed by atoms with Crippen molar-refractivity contribution >= 4 is 22.6 Å². The number of likely N-dealkylation sites (N-methyl/N-ethyl adjacent to an activating group) is 1. The second kappa shape index (κ2) is 6.78. The van der Waals surface area contributed by atoms with Crippen LogP contribution in [0.1, 0.15) is 17.4 Å². The van der Waals surface area contributed by atoms with Gasteiger partial charge in [0.2, 0.25) is 0 Å². The van der Waals surface area contributed by atoms with Crippen molar-refractivity contribution < 1.29 is 9.53 Å². The molecule has 1 aliphatic rings. The number of benzene rings is 1. The molecule has 0 unspecified atom stereocenters. The van der Waals surface area contributed by atoms with Gasteiger partial charge in [0, 0.05) is 24.0 Å². The number of carbonyl (C=O) groups is 1. The smallest absolute Gasteiger partial charge is 0.357 e. The van der Waals surface area contributed by atoms with Crippen LogP contribution in [0.5, 0.6) is 0 Å². The molecule has 0 radical (unpaired) electrons. The molecule has 7 heteroatoms. The second-order valence-corrected chi connectivity index (χ2v) is 5.56. The molecule has 2 aromatic rings. The zero-order chi connectivity index (χ0) is 16.2. The lowest BCUT2D eigenvalue weighted by Gasteiger charge is -2.29. The molecule has 1 fully saturated rings. The van der Waals surface area contributed by atoms with Crippen LogP contribution in [0, 0.1) is 0 Å². The molecule has 1 aromatic heterocycles. The Balaban J connectivity index is 1.91. The Morgan fingerprint density at radius 1 is 1.26 bits per heavy atom. The van der Waals surface area contributed by atoms with Gasteiger partial charge >= 0.3 is 5.97 Å². The van der Waals surface area contributed by atoms with E-state index in [0.717, 1.165) is 37.1 Å². The lowest BCUT2D eigenvalue weighted by Crippen LogP contribution is -2.41. The number of ether oxygens (including phenoxy) is 1. The van der Waals surface area contributed by atoms with Gasteiger partial charge in [-0.2, -0.15) is 0 Å². The zero-order valence-electron chi connectivity index (χ0n) is 13.5. The second-order valence-electron chi connectivity index (χ2n) is 5.56. The highest BCUT2D eigenvalue weighted by molar-refractivity contribution is 6.04. The van der Waals surface area contributed by atoms with Gasteiger partial charge in [0.1, 0.15) is 5.69 Å². The molecule has 1 N–H and O–H groups in total. The van der Waals surface area contributed by atoms with Crippen LogP contribution in [-0.4, -0.2) is 60.7 Å². The standard InChI is InChI=1S/C16H21N5O2/c1-3-23-16(22)15-14(12-6-4-5-7-13(12)17-15)18-19-21-10-8-20(2)9-11-21/h4-7,17H,3,8-11H2,1-2H3. The fourth-order valence-corrected chi connectivity index (χ4v) is 2.58. The minimum absolute atomic E-state index is 0.323. The Labute approximate surface area is 134 Å². The number of esters is 1. The fraction of sp³-hybridized carbons (Fsp3) is 0.438. The average Bonchev–Trinajstić information content (AvgIpc) is 2.93. The lowest BCUT2D eigenvalue weighted by molar-refractivity contribution is 0.0521. The van der Waals surface area contributed by atoms with E-state index in [0.29, 0.717) is 18.0 Å². The van der Waals surface area contributed by atoms with Gasteiger partial charge in [-0.25, -0.2) is 4.79 Å². The van der Waals surface area contributed by atoms with Gasteiger partial charge in [0.15, 0.2) is 5.69 Å². The number of carbonyl (C=O) groups excluding carboxylic acids is 1. The number of nitrogens with zero attached hydrogens (tertiary/aromatic N) is 4. The van der Waals surface area contributed by atoms with Crippen LogP contribution < -0.4 is 0 Å². The Bertz CT molecular complexity index is 716. The summed E-state index contributed by atoms with van der Waals surface area (Å²) < 4.78 is 5.11. The van der Waals surface area contributed by atoms with E-state index in [9.17, 15) is 4.79 Å². The number of para-hydroxylation sites is 1. The lowest BCUT2D eigenvalue weighted by atomic mass is 10.2. The van der Waals surface area contributed by atoms with E-state index in [2.05, 4.69) is 27.3 Å². The monoisotopic (exact) mass is 315 g/mol. The Morgan fingerprint density at radius 2 is 2.00 bits per heavy atom. The van der Waals surface area contributed by atoms with Crippen molar-refractivity contribution in [3.63, 3.8) is 0 Å². The van der Waals surface area contributed by atoms with Crippen LogP contribution in [0.4, 0.5) is 5.69 Å². The minimum Gasteiger partial charge on any atom is -0.461 e. The van der Waals surface area contributed by atoms with Crippen LogP contribution in [-0.2, 0) is 4.74 Å². The molecule has 1 aromatic carbocycles. The maximum atomic E-state index is 12.2. The number of aromatic amines is 1. The van der Waals surface area contributed by atoms with Crippen molar-refractivity contribution in [1.29, 1.82) is 0 Å². The molecule has 2 heterocycles. The molecule has 0 bridgehead atoms. The zero-order valence-corrected chi connectivity index (χ0v) is 13.5. The third kappa shape index (κ3) is 3.34. The number of H-pyrrole nitrogens is 1. The van der Waals surface area contributed by atoms with Crippen LogP contribution in [0.3, 0.4) is 0 Å². The first-order valence-electron chi connectivity index (χ1n) is 7.82. The molecule has 0 amide bonds. The van der Waals surface area contributed by atoms with Gasteiger partial charge in [0.05, 0.1) is 19.7 Å². The number of nitrogens with one attached hydrogen (secondary N) is 1.